The molecule has 0 aromatic carbocycles. The topological polar surface area (TPSA) is 49.7 Å². The summed E-state index contributed by atoms with van der Waals surface area (Å²) >= 11 is 0. The van der Waals surface area contributed by atoms with Gasteiger partial charge < -0.3 is 5.11 Å². The molecule has 0 saturated heterocycles. The Morgan fingerprint density at radius 1 is 1.55 bits per heavy atom. The summed E-state index contributed by atoms with van der Waals surface area (Å²) in [7, 11) is 0. The molecule has 0 aliphatic heterocycles. The highest BCUT2D eigenvalue weighted by atomic mass is 16.4. The van der Waals surface area contributed by atoms with Gasteiger partial charge in [0.05, 0.1) is 0 Å². The summed E-state index contributed by atoms with van der Waals surface area (Å²) in [5, 5.41) is 8.24. The van der Waals surface area contributed by atoms with Gasteiger partial charge in [-0.3, -0.25) is 4.99 Å². The third-order valence-corrected chi connectivity index (χ3v) is 1.20. The van der Waals surface area contributed by atoms with E-state index in [9.17, 15) is 4.79 Å². The predicted molar refractivity (Wildman–Crippen MR) is 44.7 cm³/mol. The Bertz CT molecular complexity index is 199. The summed E-state index contributed by atoms with van der Waals surface area (Å²) in [4.78, 5) is 13.7. The molecule has 0 aliphatic rings. The molecule has 0 bridgehead atoms. The Morgan fingerprint density at radius 2 is 2.00 bits per heavy atom. The zero-order chi connectivity index (χ0) is 9.07. The van der Waals surface area contributed by atoms with E-state index in [4.69, 9.17) is 5.11 Å². The van der Waals surface area contributed by atoms with Gasteiger partial charge in [-0.15, -0.1) is 0 Å². The number of carboxylic acid groups (broad SMARTS) is 1. The number of rotatable bonds is 2. The third-order valence-electron chi connectivity index (χ3n) is 1.20. The van der Waals surface area contributed by atoms with Crippen LogP contribution in [0, 0.1) is 5.41 Å². The van der Waals surface area contributed by atoms with Crippen molar-refractivity contribution in [1.82, 2.24) is 0 Å². The Kier molecular flexibility index (Phi) is 2.99. The molecule has 1 N–H and O–H groups in total. The molecule has 0 spiro atoms. The zero-order valence-corrected chi connectivity index (χ0v) is 7.09. The van der Waals surface area contributed by atoms with Crippen molar-refractivity contribution in [1.29, 1.82) is 0 Å². The van der Waals surface area contributed by atoms with E-state index in [0.717, 1.165) is 6.21 Å². The van der Waals surface area contributed by atoms with E-state index in [-0.39, 0.29) is 5.41 Å². The molecule has 0 unspecified atom stereocenters. The van der Waals surface area contributed by atoms with Crippen LogP contribution in [0.5, 0.6) is 0 Å². The lowest BCUT2D eigenvalue weighted by atomic mass is 9.93. The lowest BCUT2D eigenvalue weighted by Crippen LogP contribution is -2.07. The molecule has 0 amide bonds. The molecule has 0 saturated carbocycles. The maximum atomic E-state index is 10.0. The van der Waals surface area contributed by atoms with E-state index in [1.807, 2.05) is 20.8 Å². The first-order valence-corrected chi connectivity index (χ1v) is 3.30. The van der Waals surface area contributed by atoms with E-state index in [0.29, 0.717) is 5.70 Å². The molecule has 0 heterocycles. The predicted octanol–water partition coefficient (Wildman–Crippen LogP) is 1.70. The Labute approximate surface area is 66.5 Å². The lowest BCUT2D eigenvalue weighted by Gasteiger charge is -2.16. The first kappa shape index (κ1) is 9.88. The number of aliphatic imine (C=N–C) groups is 1. The van der Waals surface area contributed by atoms with Gasteiger partial charge >= 0.3 is 5.97 Å². The Morgan fingerprint density at radius 3 is 2.27 bits per heavy atom. The van der Waals surface area contributed by atoms with Crippen molar-refractivity contribution in [3.8, 4) is 0 Å². The van der Waals surface area contributed by atoms with E-state index in [2.05, 4.69) is 11.6 Å². The summed E-state index contributed by atoms with van der Waals surface area (Å²) < 4.78 is 0. The normalized spacial score (nSPS) is 11.9. The highest BCUT2D eigenvalue weighted by Crippen LogP contribution is 2.23. The SMILES string of the molecule is C=C(N=CC(=O)O)C(C)(C)C. The monoisotopic (exact) mass is 155 g/mol. The molecule has 3 heteroatoms. The van der Waals surface area contributed by atoms with Crippen LogP contribution in [0.15, 0.2) is 17.3 Å². The molecule has 62 valence electrons. The van der Waals surface area contributed by atoms with Crippen molar-refractivity contribution in [2.45, 2.75) is 20.8 Å². The summed E-state index contributed by atoms with van der Waals surface area (Å²) in [5.74, 6) is -1.05. The average Bonchev–Trinajstić information content (AvgIpc) is 1.80. The highest BCUT2D eigenvalue weighted by Gasteiger charge is 2.13. The highest BCUT2D eigenvalue weighted by molar-refractivity contribution is 6.22. The van der Waals surface area contributed by atoms with Crippen molar-refractivity contribution in [3.05, 3.63) is 12.3 Å². The number of nitrogens with zero attached hydrogens (tertiary/aromatic N) is 1. The molecule has 0 fully saturated rings. The molecule has 0 aromatic rings. The second-order valence-corrected chi connectivity index (χ2v) is 3.29. The van der Waals surface area contributed by atoms with E-state index < -0.39 is 5.97 Å². The van der Waals surface area contributed by atoms with Crippen LogP contribution in [0.1, 0.15) is 20.8 Å². The van der Waals surface area contributed by atoms with Gasteiger partial charge in [0.15, 0.2) is 0 Å². The standard InChI is InChI=1S/C8H13NO2/c1-6(8(2,3)4)9-5-7(10)11/h5H,1H2,2-4H3,(H,10,11). The molecular formula is C8H13NO2. The molecular weight excluding hydrogens is 142 g/mol. The number of hydrogen-bond donors (Lipinski definition) is 1. The van der Waals surface area contributed by atoms with Crippen LogP contribution in [-0.4, -0.2) is 17.3 Å². The van der Waals surface area contributed by atoms with Crippen molar-refractivity contribution in [3.63, 3.8) is 0 Å². The second-order valence-electron chi connectivity index (χ2n) is 3.29. The molecule has 3 nitrogen and oxygen atoms in total. The molecule has 11 heavy (non-hydrogen) atoms. The van der Waals surface area contributed by atoms with Crippen LogP contribution in [0.3, 0.4) is 0 Å². The minimum absolute atomic E-state index is 0.161. The number of carboxylic acids is 1. The van der Waals surface area contributed by atoms with Gasteiger partial charge in [0.1, 0.15) is 6.21 Å². The fraction of sp³-hybridized carbons (Fsp3) is 0.500. The summed E-state index contributed by atoms with van der Waals surface area (Å²) in [6.07, 6.45) is 0.855. The summed E-state index contributed by atoms with van der Waals surface area (Å²) in [5.41, 5.74) is 0.409. The van der Waals surface area contributed by atoms with Crippen LogP contribution in [0.25, 0.3) is 0 Å². The molecule has 0 aromatic heterocycles. The maximum absolute atomic E-state index is 10.0. The van der Waals surface area contributed by atoms with Crippen molar-refractivity contribution < 1.29 is 9.90 Å². The number of allylic oxidation sites excluding steroid dienone is 1. The van der Waals surface area contributed by atoms with Gasteiger partial charge in [-0.1, -0.05) is 27.4 Å². The van der Waals surface area contributed by atoms with Gasteiger partial charge in [0, 0.05) is 11.1 Å². The van der Waals surface area contributed by atoms with Crippen LogP contribution < -0.4 is 0 Å². The molecule has 0 atom stereocenters. The van der Waals surface area contributed by atoms with Gasteiger partial charge in [-0.05, 0) is 0 Å². The zero-order valence-electron chi connectivity index (χ0n) is 7.09. The van der Waals surface area contributed by atoms with Crippen LogP contribution in [0.2, 0.25) is 0 Å². The Hall–Kier alpha value is -1.12. The average molecular weight is 155 g/mol. The van der Waals surface area contributed by atoms with Gasteiger partial charge in [0.2, 0.25) is 0 Å². The van der Waals surface area contributed by atoms with Gasteiger partial charge in [-0.25, -0.2) is 4.79 Å². The van der Waals surface area contributed by atoms with Crippen molar-refractivity contribution >= 4 is 12.2 Å². The quantitative estimate of drug-likeness (QED) is 0.617. The smallest absolute Gasteiger partial charge is 0.346 e. The Balaban J connectivity index is 4.20. The number of carbonyl (C=O) groups is 1. The number of aliphatic carboxylic acids is 1. The van der Waals surface area contributed by atoms with Crippen molar-refractivity contribution in [2.24, 2.45) is 10.4 Å². The fourth-order valence-corrected chi connectivity index (χ4v) is 0.327. The third kappa shape index (κ3) is 4.31. The molecule has 0 radical (unpaired) electrons. The summed E-state index contributed by atoms with van der Waals surface area (Å²) in [6, 6.07) is 0. The van der Waals surface area contributed by atoms with E-state index >= 15 is 0 Å². The first-order chi connectivity index (χ1) is 4.84. The minimum Gasteiger partial charge on any atom is -0.477 e. The largest absolute Gasteiger partial charge is 0.477 e. The van der Waals surface area contributed by atoms with E-state index in [1.165, 1.54) is 0 Å². The van der Waals surface area contributed by atoms with E-state index in [1.54, 1.807) is 0 Å². The lowest BCUT2D eigenvalue weighted by molar-refractivity contribution is -0.128. The molecule has 0 aliphatic carbocycles. The number of hydrogen-bond acceptors (Lipinski definition) is 2. The fourth-order valence-electron chi connectivity index (χ4n) is 0.327. The molecule has 0 rings (SSSR count). The minimum atomic E-state index is -1.05. The maximum Gasteiger partial charge on any atom is 0.346 e. The van der Waals surface area contributed by atoms with Gasteiger partial charge in [-0.2, -0.15) is 0 Å². The van der Waals surface area contributed by atoms with Gasteiger partial charge in [0.25, 0.3) is 0 Å². The first-order valence-electron chi connectivity index (χ1n) is 3.30. The van der Waals surface area contributed by atoms with Crippen LogP contribution in [-0.2, 0) is 4.79 Å². The van der Waals surface area contributed by atoms with Crippen molar-refractivity contribution in [2.75, 3.05) is 0 Å². The van der Waals surface area contributed by atoms with Crippen LogP contribution in [0.4, 0.5) is 0 Å². The van der Waals surface area contributed by atoms with Crippen LogP contribution >= 0.6 is 0 Å². The second kappa shape index (κ2) is 3.32. The summed E-state index contributed by atoms with van der Waals surface area (Å²) in [6.45, 7) is 9.41.